The van der Waals surface area contributed by atoms with Gasteiger partial charge in [-0.05, 0) is 23.0 Å². The lowest BCUT2D eigenvalue weighted by atomic mass is 10.3. The number of nitrogen functional groups attached to an aromatic ring is 1. The summed E-state index contributed by atoms with van der Waals surface area (Å²) < 4.78 is 0.727. The van der Waals surface area contributed by atoms with E-state index >= 15 is 0 Å². The molecule has 1 aromatic rings. The van der Waals surface area contributed by atoms with E-state index in [9.17, 15) is 0 Å². The summed E-state index contributed by atoms with van der Waals surface area (Å²) in [7, 11) is 2.12. The number of nitrogens with zero attached hydrogens (tertiary/aromatic N) is 4. The number of halogens is 1. The van der Waals surface area contributed by atoms with Gasteiger partial charge in [-0.25, -0.2) is 9.97 Å². The smallest absolute Gasteiger partial charge is 0.172 e. The first-order valence-corrected chi connectivity index (χ1v) is 5.67. The lowest BCUT2D eigenvalue weighted by Crippen LogP contribution is -2.45. The van der Waals surface area contributed by atoms with Gasteiger partial charge >= 0.3 is 0 Å². The van der Waals surface area contributed by atoms with Crippen molar-refractivity contribution >= 4 is 27.6 Å². The van der Waals surface area contributed by atoms with Crippen molar-refractivity contribution in [2.75, 3.05) is 43.9 Å². The molecular weight excluding hydrogens is 258 g/mol. The number of likely N-dealkylation sites (N-methyl/N-ethyl adjacent to an activating group) is 1. The molecule has 5 nitrogen and oxygen atoms in total. The van der Waals surface area contributed by atoms with Crippen molar-refractivity contribution in [1.29, 1.82) is 0 Å². The lowest BCUT2D eigenvalue weighted by Gasteiger charge is -2.33. The number of nitrogens with two attached hydrogens (primary N) is 1. The monoisotopic (exact) mass is 271 g/mol. The molecular formula is C9H14BrN5. The van der Waals surface area contributed by atoms with Crippen molar-refractivity contribution in [1.82, 2.24) is 14.9 Å². The third-order valence-electron chi connectivity index (χ3n) is 2.55. The summed E-state index contributed by atoms with van der Waals surface area (Å²) in [6.07, 6.45) is 1.62. The van der Waals surface area contributed by atoms with Gasteiger partial charge in [0.05, 0.1) is 6.20 Å². The molecule has 2 rings (SSSR count). The quantitative estimate of drug-likeness (QED) is 0.810. The minimum Gasteiger partial charge on any atom is -0.381 e. The minimum absolute atomic E-state index is 0.503. The maximum atomic E-state index is 5.81. The molecule has 82 valence electrons. The maximum Gasteiger partial charge on any atom is 0.172 e. The molecule has 0 saturated carbocycles. The highest BCUT2D eigenvalue weighted by Gasteiger charge is 2.18. The molecule has 2 N–H and O–H groups in total. The largest absolute Gasteiger partial charge is 0.381 e. The van der Waals surface area contributed by atoms with E-state index in [-0.39, 0.29) is 0 Å². The second kappa shape index (κ2) is 4.32. The van der Waals surface area contributed by atoms with Crippen molar-refractivity contribution in [2.45, 2.75) is 0 Å². The van der Waals surface area contributed by atoms with Gasteiger partial charge in [0.25, 0.3) is 0 Å². The Morgan fingerprint density at radius 2 is 2.00 bits per heavy atom. The van der Waals surface area contributed by atoms with Crippen molar-refractivity contribution < 1.29 is 0 Å². The summed E-state index contributed by atoms with van der Waals surface area (Å²) in [6, 6.07) is 0. The van der Waals surface area contributed by atoms with Gasteiger partial charge in [-0.15, -0.1) is 0 Å². The van der Waals surface area contributed by atoms with E-state index in [1.165, 1.54) is 0 Å². The van der Waals surface area contributed by atoms with Crippen LogP contribution in [-0.4, -0.2) is 48.1 Å². The molecule has 0 bridgehead atoms. The first-order valence-electron chi connectivity index (χ1n) is 4.88. The Bertz CT molecular complexity index is 348. The molecule has 0 radical (unpaired) electrons. The molecule has 0 amide bonds. The van der Waals surface area contributed by atoms with Crippen LogP contribution < -0.4 is 10.6 Å². The summed E-state index contributed by atoms with van der Waals surface area (Å²) >= 11 is 3.31. The van der Waals surface area contributed by atoms with E-state index in [1.807, 2.05) is 0 Å². The molecule has 0 aliphatic carbocycles. The number of hydrogen-bond acceptors (Lipinski definition) is 5. The molecule has 0 atom stereocenters. The Labute approximate surface area is 97.4 Å². The average molecular weight is 272 g/mol. The lowest BCUT2D eigenvalue weighted by molar-refractivity contribution is 0.312. The van der Waals surface area contributed by atoms with Gasteiger partial charge in [-0.2, -0.15) is 0 Å². The molecule has 0 unspecified atom stereocenters. The zero-order valence-corrected chi connectivity index (χ0v) is 10.2. The summed E-state index contributed by atoms with van der Waals surface area (Å²) in [6.45, 7) is 3.97. The van der Waals surface area contributed by atoms with Gasteiger partial charge in [0.2, 0.25) is 0 Å². The summed E-state index contributed by atoms with van der Waals surface area (Å²) in [4.78, 5) is 12.9. The van der Waals surface area contributed by atoms with E-state index < -0.39 is 0 Å². The van der Waals surface area contributed by atoms with E-state index in [2.05, 4.69) is 42.7 Å². The number of hydrogen-bond donors (Lipinski definition) is 1. The summed E-state index contributed by atoms with van der Waals surface area (Å²) in [5.74, 6) is 1.29. The molecule has 1 aliphatic rings. The van der Waals surface area contributed by atoms with Crippen LogP contribution >= 0.6 is 15.9 Å². The van der Waals surface area contributed by atoms with Gasteiger partial charge in [0, 0.05) is 26.2 Å². The van der Waals surface area contributed by atoms with Crippen LogP contribution in [0.4, 0.5) is 11.6 Å². The van der Waals surface area contributed by atoms with Gasteiger partial charge in [0.15, 0.2) is 11.6 Å². The fraction of sp³-hybridized carbons (Fsp3) is 0.556. The Balaban J connectivity index is 2.18. The molecule has 0 aromatic carbocycles. The van der Waals surface area contributed by atoms with Gasteiger partial charge < -0.3 is 15.5 Å². The van der Waals surface area contributed by atoms with Crippen LogP contribution in [0.15, 0.2) is 10.8 Å². The normalized spacial score (nSPS) is 18.1. The molecule has 1 fully saturated rings. The fourth-order valence-electron chi connectivity index (χ4n) is 1.62. The van der Waals surface area contributed by atoms with Crippen molar-refractivity contribution in [3.05, 3.63) is 10.8 Å². The molecule has 1 aliphatic heterocycles. The third-order valence-corrected chi connectivity index (χ3v) is 2.94. The first-order chi connectivity index (χ1) is 7.16. The van der Waals surface area contributed by atoms with Crippen molar-refractivity contribution in [3.8, 4) is 0 Å². The topological polar surface area (TPSA) is 58.3 Å². The van der Waals surface area contributed by atoms with Crippen LogP contribution in [0.3, 0.4) is 0 Å². The van der Waals surface area contributed by atoms with E-state index in [4.69, 9.17) is 5.73 Å². The van der Waals surface area contributed by atoms with Crippen LogP contribution in [-0.2, 0) is 0 Å². The second-order valence-corrected chi connectivity index (χ2v) is 4.50. The highest BCUT2D eigenvalue weighted by Crippen LogP contribution is 2.21. The average Bonchev–Trinajstić information content (AvgIpc) is 2.23. The Morgan fingerprint density at radius 1 is 1.33 bits per heavy atom. The fourth-order valence-corrected chi connectivity index (χ4v) is 1.89. The zero-order chi connectivity index (χ0) is 10.8. The van der Waals surface area contributed by atoms with Gasteiger partial charge in [-0.1, -0.05) is 0 Å². The molecule has 1 aromatic heterocycles. The first kappa shape index (κ1) is 10.6. The standard InChI is InChI=1S/C9H14BrN5/c1-14-2-4-15(5-3-14)9-8(11)12-6-7(10)13-9/h6H,2-5H2,1H3,(H2,11,12). The van der Waals surface area contributed by atoms with Crippen LogP contribution in [0.5, 0.6) is 0 Å². The molecule has 6 heteroatoms. The maximum absolute atomic E-state index is 5.81. The number of piperazine rings is 1. The third kappa shape index (κ3) is 2.38. The predicted octanol–water partition coefficient (Wildman–Crippen LogP) is 0.573. The second-order valence-electron chi connectivity index (χ2n) is 3.69. The van der Waals surface area contributed by atoms with Gasteiger partial charge in [0.1, 0.15) is 4.60 Å². The predicted molar refractivity (Wildman–Crippen MR) is 63.9 cm³/mol. The van der Waals surface area contributed by atoms with Crippen LogP contribution in [0, 0.1) is 0 Å². The highest BCUT2D eigenvalue weighted by molar-refractivity contribution is 9.10. The SMILES string of the molecule is CN1CCN(c2nc(Br)cnc2N)CC1. The number of aromatic nitrogens is 2. The molecule has 2 heterocycles. The zero-order valence-electron chi connectivity index (χ0n) is 8.65. The Kier molecular flexibility index (Phi) is 3.06. The number of rotatable bonds is 1. The molecule has 1 saturated heterocycles. The Morgan fingerprint density at radius 3 is 2.67 bits per heavy atom. The Hall–Kier alpha value is -0.880. The molecule has 15 heavy (non-hydrogen) atoms. The van der Waals surface area contributed by atoms with E-state index in [0.717, 1.165) is 36.6 Å². The van der Waals surface area contributed by atoms with E-state index in [0.29, 0.717) is 5.82 Å². The molecule has 0 spiro atoms. The number of anilines is 2. The van der Waals surface area contributed by atoms with Crippen LogP contribution in [0.25, 0.3) is 0 Å². The summed E-state index contributed by atoms with van der Waals surface area (Å²) in [5, 5.41) is 0. The van der Waals surface area contributed by atoms with Crippen LogP contribution in [0.1, 0.15) is 0 Å². The van der Waals surface area contributed by atoms with Gasteiger partial charge in [-0.3, -0.25) is 0 Å². The summed E-state index contributed by atoms with van der Waals surface area (Å²) in [5.41, 5.74) is 5.81. The highest BCUT2D eigenvalue weighted by atomic mass is 79.9. The van der Waals surface area contributed by atoms with Crippen molar-refractivity contribution in [3.63, 3.8) is 0 Å². The van der Waals surface area contributed by atoms with Crippen molar-refractivity contribution in [2.24, 2.45) is 0 Å². The van der Waals surface area contributed by atoms with Crippen LogP contribution in [0.2, 0.25) is 0 Å². The van der Waals surface area contributed by atoms with E-state index in [1.54, 1.807) is 6.20 Å². The minimum atomic E-state index is 0.503.